The Morgan fingerprint density at radius 1 is 1.17 bits per heavy atom. The lowest BCUT2D eigenvalue weighted by atomic mass is 10.1. The third-order valence-corrected chi connectivity index (χ3v) is 3.72. The molecule has 0 spiro atoms. The van der Waals surface area contributed by atoms with Crippen molar-refractivity contribution < 1.29 is 14.3 Å². The minimum Gasteiger partial charge on any atom is -0.493 e. The number of benzene rings is 1. The molecule has 2 heterocycles. The van der Waals surface area contributed by atoms with Crippen LogP contribution in [0.4, 0.5) is 5.82 Å². The number of aryl methyl sites for hydroxylation is 1. The Bertz CT molecular complexity index is 825. The van der Waals surface area contributed by atoms with E-state index in [0.717, 1.165) is 11.2 Å². The van der Waals surface area contributed by atoms with Crippen molar-refractivity contribution in [3.05, 3.63) is 54.4 Å². The number of carbonyl (C=O) groups is 1. The molecule has 6 nitrogen and oxygen atoms in total. The van der Waals surface area contributed by atoms with Gasteiger partial charge in [-0.1, -0.05) is 12.1 Å². The van der Waals surface area contributed by atoms with E-state index in [1.807, 2.05) is 47.0 Å². The van der Waals surface area contributed by atoms with Crippen molar-refractivity contribution in [2.75, 3.05) is 19.5 Å². The molecule has 0 saturated carbocycles. The Labute approximate surface area is 140 Å². The highest BCUT2D eigenvalue weighted by Crippen LogP contribution is 2.28. The van der Waals surface area contributed by atoms with E-state index in [4.69, 9.17) is 9.47 Å². The van der Waals surface area contributed by atoms with Gasteiger partial charge in [0.2, 0.25) is 5.91 Å². The summed E-state index contributed by atoms with van der Waals surface area (Å²) in [7, 11) is 3.19. The summed E-state index contributed by atoms with van der Waals surface area (Å²) in [5.41, 5.74) is 1.81. The molecule has 0 aliphatic heterocycles. The van der Waals surface area contributed by atoms with Gasteiger partial charge in [-0.3, -0.25) is 4.79 Å². The third-order valence-electron chi connectivity index (χ3n) is 3.72. The molecule has 2 aromatic heterocycles. The molecule has 0 bridgehead atoms. The molecule has 3 rings (SSSR count). The molecule has 0 aliphatic rings. The van der Waals surface area contributed by atoms with Crippen molar-refractivity contribution in [1.82, 2.24) is 9.38 Å². The summed E-state index contributed by atoms with van der Waals surface area (Å²) in [6.07, 6.45) is 4.66. The number of hydrogen-bond donors (Lipinski definition) is 1. The Balaban J connectivity index is 1.61. The molecule has 0 aliphatic carbocycles. The summed E-state index contributed by atoms with van der Waals surface area (Å²) >= 11 is 0. The molecule has 0 saturated heterocycles. The molecule has 6 heteroatoms. The molecule has 3 aromatic rings. The number of ether oxygens (including phenoxy) is 2. The predicted molar refractivity (Wildman–Crippen MR) is 91.7 cm³/mol. The normalized spacial score (nSPS) is 10.6. The number of carbonyl (C=O) groups excluding carboxylic acids is 1. The van der Waals surface area contributed by atoms with Crippen molar-refractivity contribution in [2.45, 2.75) is 12.8 Å². The smallest absolute Gasteiger partial charge is 0.225 e. The molecular formula is C18H19N3O3. The summed E-state index contributed by atoms with van der Waals surface area (Å²) in [5.74, 6) is 1.82. The number of fused-ring (bicyclic) bond motifs is 1. The van der Waals surface area contributed by atoms with Crippen LogP contribution in [0.3, 0.4) is 0 Å². The van der Waals surface area contributed by atoms with Crippen LogP contribution in [-0.4, -0.2) is 29.5 Å². The number of aromatic nitrogens is 2. The van der Waals surface area contributed by atoms with Gasteiger partial charge in [-0.15, -0.1) is 0 Å². The fourth-order valence-electron chi connectivity index (χ4n) is 2.49. The number of methoxy groups -OCH3 is 2. The average Bonchev–Trinajstić information content (AvgIpc) is 3.01. The molecule has 1 N–H and O–H groups in total. The van der Waals surface area contributed by atoms with Crippen LogP contribution in [0.5, 0.6) is 11.5 Å². The molecule has 24 heavy (non-hydrogen) atoms. The van der Waals surface area contributed by atoms with Gasteiger partial charge >= 0.3 is 0 Å². The Kier molecular flexibility index (Phi) is 4.65. The highest BCUT2D eigenvalue weighted by molar-refractivity contribution is 5.90. The maximum absolute atomic E-state index is 12.1. The zero-order valence-electron chi connectivity index (χ0n) is 13.7. The first-order valence-corrected chi connectivity index (χ1v) is 7.64. The van der Waals surface area contributed by atoms with Crippen LogP contribution in [0.25, 0.3) is 5.65 Å². The second-order valence-corrected chi connectivity index (χ2v) is 5.33. The van der Waals surface area contributed by atoms with Crippen LogP contribution >= 0.6 is 0 Å². The minimum atomic E-state index is -0.0757. The Hall–Kier alpha value is -3.02. The number of anilines is 1. The van der Waals surface area contributed by atoms with Gasteiger partial charge in [0.1, 0.15) is 5.65 Å². The lowest BCUT2D eigenvalue weighted by Crippen LogP contribution is -2.12. The van der Waals surface area contributed by atoms with E-state index in [1.165, 1.54) is 0 Å². The summed E-state index contributed by atoms with van der Waals surface area (Å²) in [4.78, 5) is 16.5. The van der Waals surface area contributed by atoms with Crippen LogP contribution in [0.2, 0.25) is 0 Å². The highest BCUT2D eigenvalue weighted by atomic mass is 16.5. The summed E-state index contributed by atoms with van der Waals surface area (Å²) in [6.45, 7) is 0. The molecular weight excluding hydrogens is 306 g/mol. The topological polar surface area (TPSA) is 64.9 Å². The van der Waals surface area contributed by atoms with Crippen molar-refractivity contribution in [3.8, 4) is 11.5 Å². The average molecular weight is 325 g/mol. The SMILES string of the molecule is COc1ccc(CCC(=O)Nc2cn3ccccc3n2)cc1OC. The number of hydrogen-bond acceptors (Lipinski definition) is 4. The quantitative estimate of drug-likeness (QED) is 0.757. The van der Waals surface area contributed by atoms with E-state index in [2.05, 4.69) is 10.3 Å². The second-order valence-electron chi connectivity index (χ2n) is 5.33. The van der Waals surface area contributed by atoms with Crippen molar-refractivity contribution >= 4 is 17.4 Å². The maximum Gasteiger partial charge on any atom is 0.225 e. The van der Waals surface area contributed by atoms with E-state index >= 15 is 0 Å². The molecule has 1 aromatic carbocycles. The number of rotatable bonds is 6. The first-order valence-electron chi connectivity index (χ1n) is 7.64. The van der Waals surface area contributed by atoms with Crippen LogP contribution < -0.4 is 14.8 Å². The van der Waals surface area contributed by atoms with E-state index in [0.29, 0.717) is 30.2 Å². The summed E-state index contributed by atoms with van der Waals surface area (Å²) in [6, 6.07) is 11.4. The van der Waals surface area contributed by atoms with Crippen LogP contribution in [0.15, 0.2) is 48.8 Å². The van der Waals surface area contributed by atoms with Gasteiger partial charge in [0, 0.05) is 12.6 Å². The number of nitrogens with one attached hydrogen (secondary N) is 1. The van der Waals surface area contributed by atoms with Gasteiger partial charge in [0.25, 0.3) is 0 Å². The van der Waals surface area contributed by atoms with Crippen molar-refractivity contribution in [1.29, 1.82) is 0 Å². The molecule has 1 amide bonds. The first kappa shape index (κ1) is 15.9. The summed E-state index contributed by atoms with van der Waals surface area (Å²) in [5, 5.41) is 2.83. The molecule has 0 fully saturated rings. The third kappa shape index (κ3) is 3.48. The van der Waals surface area contributed by atoms with Gasteiger partial charge in [-0.2, -0.15) is 0 Å². The molecule has 0 atom stereocenters. The zero-order valence-corrected chi connectivity index (χ0v) is 13.7. The Morgan fingerprint density at radius 3 is 2.75 bits per heavy atom. The van der Waals surface area contributed by atoms with Crippen LogP contribution in [0.1, 0.15) is 12.0 Å². The second kappa shape index (κ2) is 7.04. The van der Waals surface area contributed by atoms with E-state index < -0.39 is 0 Å². The lowest BCUT2D eigenvalue weighted by molar-refractivity contribution is -0.116. The van der Waals surface area contributed by atoms with Crippen LogP contribution in [0, 0.1) is 0 Å². The Morgan fingerprint density at radius 2 is 2.00 bits per heavy atom. The largest absolute Gasteiger partial charge is 0.493 e. The predicted octanol–water partition coefficient (Wildman–Crippen LogP) is 2.92. The number of nitrogens with zero attached hydrogens (tertiary/aromatic N) is 2. The fourth-order valence-corrected chi connectivity index (χ4v) is 2.49. The monoisotopic (exact) mass is 325 g/mol. The molecule has 124 valence electrons. The highest BCUT2D eigenvalue weighted by Gasteiger charge is 2.09. The van der Waals surface area contributed by atoms with Gasteiger partial charge in [-0.25, -0.2) is 4.98 Å². The number of imidazole rings is 1. The first-order chi connectivity index (χ1) is 11.7. The fraction of sp³-hybridized carbons (Fsp3) is 0.222. The summed E-state index contributed by atoms with van der Waals surface area (Å²) < 4.78 is 12.3. The van der Waals surface area contributed by atoms with Crippen molar-refractivity contribution in [2.24, 2.45) is 0 Å². The number of amides is 1. The minimum absolute atomic E-state index is 0.0757. The zero-order chi connectivity index (χ0) is 16.9. The van der Waals surface area contributed by atoms with E-state index in [1.54, 1.807) is 20.4 Å². The molecule has 0 radical (unpaired) electrons. The van der Waals surface area contributed by atoms with Crippen molar-refractivity contribution in [3.63, 3.8) is 0 Å². The van der Waals surface area contributed by atoms with Gasteiger partial charge < -0.3 is 19.2 Å². The maximum atomic E-state index is 12.1. The number of pyridine rings is 1. The van der Waals surface area contributed by atoms with E-state index in [9.17, 15) is 4.79 Å². The van der Waals surface area contributed by atoms with Gasteiger partial charge in [0.15, 0.2) is 17.3 Å². The van der Waals surface area contributed by atoms with Crippen LogP contribution in [-0.2, 0) is 11.2 Å². The van der Waals surface area contributed by atoms with Gasteiger partial charge in [-0.05, 0) is 36.2 Å². The van der Waals surface area contributed by atoms with E-state index in [-0.39, 0.29) is 5.91 Å². The standard InChI is InChI=1S/C18H19N3O3/c1-23-14-8-6-13(11-15(14)24-2)7-9-18(22)20-16-12-21-10-4-3-5-17(21)19-16/h3-6,8,10-12H,7,9H2,1-2H3,(H,20,22). The molecule has 0 unspecified atom stereocenters. The van der Waals surface area contributed by atoms with Gasteiger partial charge in [0.05, 0.1) is 20.4 Å². The lowest BCUT2D eigenvalue weighted by Gasteiger charge is -2.09.